The summed E-state index contributed by atoms with van der Waals surface area (Å²) in [4.78, 5) is 15.5. The quantitative estimate of drug-likeness (QED) is 0.241. The summed E-state index contributed by atoms with van der Waals surface area (Å²) in [6, 6.07) is 21.4. The fourth-order valence-electron chi connectivity index (χ4n) is 4.00. The van der Waals surface area contributed by atoms with E-state index in [4.69, 9.17) is 4.18 Å². The molecule has 4 N–H and O–H groups in total. The number of carbonyl (C=O) groups is 1. The van der Waals surface area contributed by atoms with Crippen LogP contribution >= 0.6 is 0 Å². The maximum absolute atomic E-state index is 12.4. The number of nitrogens with one attached hydrogen (secondary N) is 3. The Labute approximate surface area is 210 Å². The number of aromatic amines is 1. The zero-order valence-corrected chi connectivity index (χ0v) is 20.9. The van der Waals surface area contributed by atoms with E-state index in [1.165, 1.54) is 0 Å². The van der Waals surface area contributed by atoms with Crippen LogP contribution in [0.1, 0.15) is 34.5 Å². The molecule has 4 rings (SSSR count). The highest BCUT2D eigenvalue weighted by molar-refractivity contribution is 7.86. The van der Waals surface area contributed by atoms with Gasteiger partial charge in [0.2, 0.25) is 0 Å². The van der Waals surface area contributed by atoms with Crippen molar-refractivity contribution in [2.24, 2.45) is 0 Å². The van der Waals surface area contributed by atoms with Gasteiger partial charge in [-0.3, -0.25) is 4.79 Å². The van der Waals surface area contributed by atoms with Crippen LogP contribution in [0.5, 0.6) is 5.75 Å². The molecule has 0 aliphatic carbocycles. The fourth-order valence-corrected chi connectivity index (χ4v) is 4.47. The van der Waals surface area contributed by atoms with Gasteiger partial charge in [-0.05, 0) is 54.8 Å². The molecule has 0 unspecified atom stereocenters. The number of aliphatic hydroxyl groups excluding tert-OH is 1. The van der Waals surface area contributed by atoms with Gasteiger partial charge >= 0.3 is 10.1 Å². The van der Waals surface area contributed by atoms with E-state index in [9.17, 15) is 18.3 Å². The van der Waals surface area contributed by atoms with Crippen molar-refractivity contribution in [3.63, 3.8) is 0 Å². The van der Waals surface area contributed by atoms with Crippen molar-refractivity contribution in [1.29, 1.82) is 0 Å². The third kappa shape index (κ3) is 6.51. The predicted octanol–water partition coefficient (Wildman–Crippen LogP) is 4.01. The zero-order chi connectivity index (χ0) is 25.7. The predicted molar refractivity (Wildman–Crippen MR) is 141 cm³/mol. The first-order valence-corrected chi connectivity index (χ1v) is 13.4. The second kappa shape index (κ2) is 10.9. The summed E-state index contributed by atoms with van der Waals surface area (Å²) < 4.78 is 28.1. The van der Waals surface area contributed by atoms with E-state index in [0.29, 0.717) is 29.6 Å². The number of hydrogen-bond acceptors (Lipinski definition) is 6. The van der Waals surface area contributed by atoms with Gasteiger partial charge in [-0.15, -0.1) is 0 Å². The Bertz CT molecular complexity index is 1430. The number of carbonyl (C=O) groups excluding carboxylic acids is 1. The van der Waals surface area contributed by atoms with Crippen LogP contribution < -0.4 is 14.8 Å². The Kier molecular flexibility index (Phi) is 7.73. The lowest BCUT2D eigenvalue weighted by molar-refractivity contribution is 0.102. The topological polar surface area (TPSA) is 121 Å². The average Bonchev–Trinajstić information content (AvgIpc) is 3.26. The van der Waals surface area contributed by atoms with Crippen LogP contribution in [0.25, 0.3) is 10.9 Å². The molecule has 9 heteroatoms. The van der Waals surface area contributed by atoms with E-state index in [0.717, 1.165) is 22.9 Å². The Balaban J connectivity index is 1.33. The molecule has 0 radical (unpaired) electrons. The molecule has 0 saturated heterocycles. The first kappa shape index (κ1) is 25.4. The van der Waals surface area contributed by atoms with Gasteiger partial charge < -0.3 is 24.9 Å². The summed E-state index contributed by atoms with van der Waals surface area (Å²) in [5, 5.41) is 17.7. The van der Waals surface area contributed by atoms with Gasteiger partial charge in [0.1, 0.15) is 0 Å². The first-order chi connectivity index (χ1) is 17.2. The third-order valence-electron chi connectivity index (χ3n) is 5.78. The minimum atomic E-state index is -3.63. The lowest BCUT2D eigenvalue weighted by Crippen LogP contribution is -2.32. The fraction of sp³-hybridized carbons (Fsp3) is 0.222. The molecule has 0 bridgehead atoms. The number of benzene rings is 3. The number of para-hydroxylation sites is 2. The molecule has 0 aliphatic heterocycles. The standard InChI is InChI=1S/C27H29N3O5S/c1-18(15-21-16-29-26-23(21)9-6-10-25(26)35-36(2,33)34)28-17-24(31)19-11-13-20(14-12-19)27(32)30-22-7-4-3-5-8-22/h3-14,16,18,24,28-29,31H,15,17H2,1-2H3,(H,30,32)/t18-,24+/m1/s1. The molecular weight excluding hydrogens is 478 g/mol. The molecule has 0 spiro atoms. The summed E-state index contributed by atoms with van der Waals surface area (Å²) in [6.45, 7) is 2.35. The SMILES string of the molecule is C[C@H](Cc1c[nH]c2c(OS(C)(=O)=O)cccc12)NC[C@H](O)c1ccc(C(=O)Nc2ccccc2)cc1. The van der Waals surface area contributed by atoms with Gasteiger partial charge in [-0.1, -0.05) is 42.5 Å². The second-order valence-electron chi connectivity index (χ2n) is 8.75. The Morgan fingerprint density at radius 1 is 1.03 bits per heavy atom. The second-order valence-corrected chi connectivity index (χ2v) is 10.3. The molecule has 36 heavy (non-hydrogen) atoms. The lowest BCUT2D eigenvalue weighted by atomic mass is 10.0. The molecule has 0 fully saturated rings. The molecule has 3 aromatic carbocycles. The molecule has 0 aliphatic rings. The molecule has 2 atom stereocenters. The van der Waals surface area contributed by atoms with E-state index >= 15 is 0 Å². The molecule has 0 saturated carbocycles. The highest BCUT2D eigenvalue weighted by Gasteiger charge is 2.16. The monoisotopic (exact) mass is 507 g/mol. The van der Waals surface area contributed by atoms with Crippen molar-refractivity contribution < 1.29 is 22.5 Å². The molecule has 1 amide bonds. The van der Waals surface area contributed by atoms with Gasteiger partial charge in [0, 0.05) is 35.4 Å². The number of hydrogen-bond donors (Lipinski definition) is 4. The Morgan fingerprint density at radius 3 is 2.44 bits per heavy atom. The van der Waals surface area contributed by atoms with Crippen molar-refractivity contribution in [3.05, 3.63) is 95.7 Å². The van der Waals surface area contributed by atoms with Crippen LogP contribution in [-0.2, 0) is 16.5 Å². The van der Waals surface area contributed by atoms with Crippen molar-refractivity contribution >= 4 is 32.6 Å². The number of aliphatic hydroxyl groups is 1. The zero-order valence-electron chi connectivity index (χ0n) is 20.1. The normalized spacial score (nSPS) is 13.3. The van der Waals surface area contributed by atoms with Crippen molar-refractivity contribution in [1.82, 2.24) is 10.3 Å². The highest BCUT2D eigenvalue weighted by atomic mass is 32.2. The van der Waals surface area contributed by atoms with Crippen molar-refractivity contribution in [2.75, 3.05) is 18.1 Å². The van der Waals surface area contributed by atoms with E-state index in [1.807, 2.05) is 49.5 Å². The van der Waals surface area contributed by atoms with Gasteiger partial charge in [0.25, 0.3) is 5.91 Å². The van der Waals surface area contributed by atoms with Crippen LogP contribution in [0.4, 0.5) is 5.69 Å². The van der Waals surface area contributed by atoms with E-state index < -0.39 is 16.2 Å². The average molecular weight is 508 g/mol. The molecular formula is C27H29N3O5S. The van der Waals surface area contributed by atoms with Crippen molar-refractivity contribution in [3.8, 4) is 5.75 Å². The van der Waals surface area contributed by atoms with Crippen molar-refractivity contribution in [2.45, 2.75) is 25.5 Å². The summed E-state index contributed by atoms with van der Waals surface area (Å²) in [5.74, 6) is 0.0518. The summed E-state index contributed by atoms with van der Waals surface area (Å²) >= 11 is 0. The number of H-pyrrole nitrogens is 1. The number of anilines is 1. The first-order valence-electron chi connectivity index (χ1n) is 11.6. The minimum absolute atomic E-state index is 0.0362. The van der Waals surface area contributed by atoms with Gasteiger partial charge in [-0.25, -0.2) is 0 Å². The molecule has 1 heterocycles. The van der Waals surface area contributed by atoms with E-state index in [2.05, 4.69) is 15.6 Å². The number of aromatic nitrogens is 1. The highest BCUT2D eigenvalue weighted by Crippen LogP contribution is 2.29. The lowest BCUT2D eigenvalue weighted by Gasteiger charge is -2.17. The van der Waals surface area contributed by atoms with Crippen LogP contribution in [0.15, 0.2) is 79.0 Å². The maximum Gasteiger partial charge on any atom is 0.306 e. The number of rotatable bonds is 10. The smallest absolute Gasteiger partial charge is 0.306 e. The Morgan fingerprint density at radius 2 is 1.75 bits per heavy atom. The molecule has 4 aromatic rings. The summed E-state index contributed by atoms with van der Waals surface area (Å²) in [5.41, 5.74) is 3.57. The maximum atomic E-state index is 12.4. The van der Waals surface area contributed by atoms with E-state index in [-0.39, 0.29) is 17.7 Å². The van der Waals surface area contributed by atoms with Gasteiger partial charge in [0.15, 0.2) is 5.75 Å². The minimum Gasteiger partial charge on any atom is -0.387 e. The largest absolute Gasteiger partial charge is 0.387 e. The van der Waals surface area contributed by atoms with Crippen LogP contribution in [0, 0.1) is 0 Å². The summed E-state index contributed by atoms with van der Waals surface area (Å²) in [6.07, 6.45) is 2.78. The van der Waals surface area contributed by atoms with Crippen LogP contribution in [0.3, 0.4) is 0 Å². The molecule has 8 nitrogen and oxygen atoms in total. The Hall–Kier alpha value is -3.66. The van der Waals surface area contributed by atoms with Gasteiger partial charge in [-0.2, -0.15) is 8.42 Å². The van der Waals surface area contributed by atoms with Crippen LogP contribution in [0.2, 0.25) is 0 Å². The number of amides is 1. The number of fused-ring (bicyclic) bond motifs is 1. The molecule has 188 valence electrons. The van der Waals surface area contributed by atoms with Gasteiger partial charge in [0.05, 0.1) is 17.9 Å². The van der Waals surface area contributed by atoms with Crippen LogP contribution in [-0.4, -0.2) is 43.3 Å². The summed E-state index contributed by atoms with van der Waals surface area (Å²) in [7, 11) is -3.63. The third-order valence-corrected chi connectivity index (χ3v) is 6.26. The molecule has 1 aromatic heterocycles. The van der Waals surface area contributed by atoms with E-state index in [1.54, 1.807) is 36.4 Å².